The Hall–Kier alpha value is -1.60. The van der Waals surface area contributed by atoms with Gasteiger partial charge in [-0.2, -0.15) is 13.2 Å². The SMILES string of the molecule is Cl.OCC[C@@H](c1ccc(-c2ccc(C(F)(F)F)cc2)cc1)N1CCNCC1. The minimum Gasteiger partial charge on any atom is -0.396 e. The maximum Gasteiger partial charge on any atom is 0.416 e. The van der Waals surface area contributed by atoms with Crippen LogP contribution in [0.3, 0.4) is 0 Å². The van der Waals surface area contributed by atoms with Gasteiger partial charge in [0.1, 0.15) is 0 Å². The summed E-state index contributed by atoms with van der Waals surface area (Å²) in [5.41, 5.74) is 2.12. The highest BCUT2D eigenvalue weighted by Gasteiger charge is 2.30. The van der Waals surface area contributed by atoms with Crippen molar-refractivity contribution in [2.45, 2.75) is 18.6 Å². The molecule has 0 aromatic heterocycles. The second kappa shape index (κ2) is 9.55. The second-order valence-corrected chi connectivity index (χ2v) is 6.51. The number of nitrogens with one attached hydrogen (secondary N) is 1. The van der Waals surface area contributed by atoms with Crippen LogP contribution in [0.25, 0.3) is 11.1 Å². The summed E-state index contributed by atoms with van der Waals surface area (Å²) < 4.78 is 38.1. The van der Waals surface area contributed by atoms with Gasteiger partial charge in [-0.25, -0.2) is 0 Å². The van der Waals surface area contributed by atoms with E-state index in [0.29, 0.717) is 6.42 Å². The van der Waals surface area contributed by atoms with Gasteiger partial charge in [-0.3, -0.25) is 4.90 Å². The molecule has 2 N–H and O–H groups in total. The summed E-state index contributed by atoms with van der Waals surface area (Å²) in [4.78, 5) is 2.36. The Bertz CT molecular complexity index is 699. The van der Waals surface area contributed by atoms with Crippen LogP contribution < -0.4 is 5.32 Å². The first-order valence-electron chi connectivity index (χ1n) is 8.82. The molecular weight excluding hydrogens is 377 g/mol. The van der Waals surface area contributed by atoms with Gasteiger partial charge in [-0.15, -0.1) is 12.4 Å². The van der Waals surface area contributed by atoms with Crippen molar-refractivity contribution in [1.29, 1.82) is 0 Å². The maximum atomic E-state index is 12.7. The van der Waals surface area contributed by atoms with Gasteiger partial charge in [0.15, 0.2) is 0 Å². The average Bonchev–Trinajstić information content (AvgIpc) is 2.66. The minimum atomic E-state index is -4.32. The van der Waals surface area contributed by atoms with E-state index < -0.39 is 11.7 Å². The van der Waals surface area contributed by atoms with Gasteiger partial charge in [-0.1, -0.05) is 36.4 Å². The van der Waals surface area contributed by atoms with Crippen molar-refractivity contribution in [3.05, 3.63) is 59.7 Å². The Kier molecular flexibility index (Phi) is 7.68. The molecule has 0 aliphatic carbocycles. The average molecular weight is 401 g/mol. The van der Waals surface area contributed by atoms with Crippen molar-refractivity contribution in [1.82, 2.24) is 10.2 Å². The zero-order chi connectivity index (χ0) is 18.6. The number of hydrogen-bond donors (Lipinski definition) is 2. The number of hydrogen-bond acceptors (Lipinski definition) is 3. The summed E-state index contributed by atoms with van der Waals surface area (Å²) in [6.45, 7) is 3.86. The Morgan fingerprint density at radius 1 is 0.926 bits per heavy atom. The predicted molar refractivity (Wildman–Crippen MR) is 103 cm³/mol. The molecule has 0 unspecified atom stereocenters. The van der Waals surface area contributed by atoms with Crippen LogP contribution in [0.4, 0.5) is 13.2 Å². The number of nitrogens with zero attached hydrogens (tertiary/aromatic N) is 1. The first-order chi connectivity index (χ1) is 12.5. The normalized spacial score (nSPS) is 16.6. The summed E-state index contributed by atoms with van der Waals surface area (Å²) in [5.74, 6) is 0. The fourth-order valence-electron chi connectivity index (χ4n) is 3.43. The van der Waals surface area contributed by atoms with Crippen LogP contribution in [-0.4, -0.2) is 42.8 Å². The molecule has 0 spiro atoms. The largest absolute Gasteiger partial charge is 0.416 e. The summed E-state index contributed by atoms with van der Waals surface area (Å²) in [6, 6.07) is 13.3. The van der Waals surface area contributed by atoms with Crippen molar-refractivity contribution in [3.8, 4) is 11.1 Å². The quantitative estimate of drug-likeness (QED) is 0.792. The Balaban J connectivity index is 0.00000261. The zero-order valence-corrected chi connectivity index (χ0v) is 15.7. The third-order valence-corrected chi connectivity index (χ3v) is 4.84. The number of aliphatic hydroxyl groups excluding tert-OH is 1. The molecule has 1 saturated heterocycles. The maximum absolute atomic E-state index is 12.7. The summed E-state index contributed by atoms with van der Waals surface area (Å²) in [7, 11) is 0. The van der Waals surface area contributed by atoms with Crippen LogP contribution in [0.1, 0.15) is 23.6 Å². The number of halogens is 4. The third-order valence-electron chi connectivity index (χ3n) is 4.84. The van der Waals surface area contributed by atoms with Crippen LogP contribution in [0, 0.1) is 0 Å². The monoisotopic (exact) mass is 400 g/mol. The molecule has 148 valence electrons. The van der Waals surface area contributed by atoms with Crippen molar-refractivity contribution < 1.29 is 18.3 Å². The second-order valence-electron chi connectivity index (χ2n) is 6.51. The molecular formula is C20H24ClF3N2O. The third kappa shape index (κ3) is 5.45. The number of alkyl halides is 3. The Labute approximate surface area is 163 Å². The van der Waals surface area contributed by atoms with Crippen LogP contribution in [0.15, 0.2) is 48.5 Å². The lowest BCUT2D eigenvalue weighted by Gasteiger charge is -2.35. The van der Waals surface area contributed by atoms with Gasteiger partial charge in [-0.05, 0) is 35.2 Å². The molecule has 1 heterocycles. The van der Waals surface area contributed by atoms with E-state index in [0.717, 1.165) is 55.0 Å². The van der Waals surface area contributed by atoms with Crippen molar-refractivity contribution in [2.24, 2.45) is 0 Å². The molecule has 0 amide bonds. The number of rotatable bonds is 5. The van der Waals surface area contributed by atoms with Gasteiger partial charge >= 0.3 is 6.18 Å². The zero-order valence-electron chi connectivity index (χ0n) is 14.9. The predicted octanol–water partition coefficient (Wildman–Crippen LogP) is 4.12. The molecule has 3 nitrogen and oxygen atoms in total. The lowest BCUT2D eigenvalue weighted by molar-refractivity contribution is -0.137. The van der Waals surface area contributed by atoms with E-state index in [4.69, 9.17) is 0 Å². The van der Waals surface area contributed by atoms with E-state index in [1.807, 2.05) is 24.3 Å². The Morgan fingerprint density at radius 2 is 1.44 bits per heavy atom. The molecule has 7 heteroatoms. The van der Waals surface area contributed by atoms with Gasteiger partial charge < -0.3 is 10.4 Å². The molecule has 2 aromatic rings. The number of piperazine rings is 1. The Morgan fingerprint density at radius 3 is 1.93 bits per heavy atom. The molecule has 3 rings (SSSR count). The number of benzene rings is 2. The molecule has 0 radical (unpaired) electrons. The van der Waals surface area contributed by atoms with E-state index >= 15 is 0 Å². The van der Waals surface area contributed by atoms with Crippen LogP contribution in [-0.2, 0) is 6.18 Å². The molecule has 1 fully saturated rings. The lowest BCUT2D eigenvalue weighted by Crippen LogP contribution is -2.45. The van der Waals surface area contributed by atoms with Gasteiger partial charge in [0.25, 0.3) is 0 Å². The first kappa shape index (κ1) is 21.7. The van der Waals surface area contributed by atoms with E-state index in [1.165, 1.54) is 12.1 Å². The van der Waals surface area contributed by atoms with E-state index in [2.05, 4.69) is 10.2 Å². The van der Waals surface area contributed by atoms with Gasteiger partial charge in [0, 0.05) is 38.8 Å². The molecule has 1 aliphatic heterocycles. The highest BCUT2D eigenvalue weighted by Crippen LogP contribution is 2.32. The fraction of sp³-hybridized carbons (Fsp3) is 0.400. The van der Waals surface area contributed by atoms with Crippen LogP contribution in [0.5, 0.6) is 0 Å². The molecule has 27 heavy (non-hydrogen) atoms. The lowest BCUT2D eigenvalue weighted by atomic mass is 9.97. The minimum absolute atomic E-state index is 0. The molecule has 1 atom stereocenters. The van der Waals surface area contributed by atoms with Crippen LogP contribution in [0.2, 0.25) is 0 Å². The van der Waals surface area contributed by atoms with Gasteiger partial charge in [0.2, 0.25) is 0 Å². The topological polar surface area (TPSA) is 35.5 Å². The van der Waals surface area contributed by atoms with Crippen molar-refractivity contribution >= 4 is 12.4 Å². The molecule has 0 bridgehead atoms. The fourth-order valence-corrected chi connectivity index (χ4v) is 3.43. The van der Waals surface area contributed by atoms with Crippen molar-refractivity contribution in [2.75, 3.05) is 32.8 Å². The van der Waals surface area contributed by atoms with E-state index in [1.54, 1.807) is 0 Å². The van der Waals surface area contributed by atoms with Crippen molar-refractivity contribution in [3.63, 3.8) is 0 Å². The molecule has 1 aliphatic rings. The summed E-state index contributed by atoms with van der Waals surface area (Å²) >= 11 is 0. The summed E-state index contributed by atoms with van der Waals surface area (Å²) in [6.07, 6.45) is -3.65. The smallest absolute Gasteiger partial charge is 0.396 e. The number of aliphatic hydroxyl groups is 1. The van der Waals surface area contributed by atoms with E-state index in [-0.39, 0.29) is 25.1 Å². The van der Waals surface area contributed by atoms with Crippen LogP contribution >= 0.6 is 12.4 Å². The summed E-state index contributed by atoms with van der Waals surface area (Å²) in [5, 5.41) is 12.7. The molecule has 0 saturated carbocycles. The highest BCUT2D eigenvalue weighted by molar-refractivity contribution is 5.85. The first-order valence-corrected chi connectivity index (χ1v) is 8.82. The standard InChI is InChI=1S/C20H23F3N2O.ClH/c21-20(22,23)18-7-5-16(6-8-18)15-1-3-17(4-2-15)19(9-14-26)25-12-10-24-11-13-25;/h1-8,19,24,26H,9-14H2;1H/t19-;/m0./s1. The highest BCUT2D eigenvalue weighted by atomic mass is 35.5. The van der Waals surface area contributed by atoms with Gasteiger partial charge in [0.05, 0.1) is 5.56 Å². The molecule has 2 aromatic carbocycles. The van der Waals surface area contributed by atoms with E-state index in [9.17, 15) is 18.3 Å².